The zero-order valence-electron chi connectivity index (χ0n) is 16.5. The minimum absolute atomic E-state index is 0.257. The van der Waals surface area contributed by atoms with Crippen LogP contribution in [0.3, 0.4) is 0 Å². The van der Waals surface area contributed by atoms with E-state index in [-0.39, 0.29) is 5.56 Å². The van der Waals surface area contributed by atoms with Crippen molar-refractivity contribution in [1.82, 2.24) is 4.57 Å². The number of thiazole rings is 1. The number of para-hydroxylation sites is 1. The number of aromatic nitrogens is 1. The van der Waals surface area contributed by atoms with Crippen molar-refractivity contribution in [2.24, 2.45) is 10.9 Å². The number of benzene rings is 2. The SMILES string of the molecule is COC(=O)C1C2c3ccccc3OC1(C)N=c1s/c(=C/c3ccc(Cl)cc3Cl)c(=O)n12. The number of hydrogen-bond donors (Lipinski definition) is 0. The van der Waals surface area contributed by atoms with Crippen molar-refractivity contribution in [2.75, 3.05) is 7.11 Å². The Morgan fingerprint density at radius 1 is 1.29 bits per heavy atom. The van der Waals surface area contributed by atoms with Gasteiger partial charge in [0, 0.05) is 15.6 Å². The molecule has 0 N–H and O–H groups in total. The standard InChI is InChI=1S/C22H16Cl2N2O4S/c1-22-17(20(28)29-2)18(13-5-3-4-6-15(13)30-22)26-19(27)16(31-21(26)25-22)9-11-7-8-12(23)10-14(11)24/h3-10,17-18H,1-2H3/b16-9+. The predicted octanol–water partition coefficient (Wildman–Crippen LogP) is 3.17. The molecule has 0 saturated heterocycles. The number of fused-ring (bicyclic) bond motifs is 6. The van der Waals surface area contributed by atoms with Crippen molar-refractivity contribution in [1.29, 1.82) is 0 Å². The quantitative estimate of drug-likeness (QED) is 0.534. The van der Waals surface area contributed by atoms with Crippen LogP contribution in [-0.2, 0) is 9.53 Å². The van der Waals surface area contributed by atoms with Crippen molar-refractivity contribution in [2.45, 2.75) is 18.7 Å². The van der Waals surface area contributed by atoms with E-state index in [0.717, 1.165) is 5.56 Å². The van der Waals surface area contributed by atoms with E-state index in [9.17, 15) is 9.59 Å². The molecule has 0 radical (unpaired) electrons. The van der Waals surface area contributed by atoms with Crippen LogP contribution in [0.4, 0.5) is 0 Å². The van der Waals surface area contributed by atoms with Crippen molar-refractivity contribution < 1.29 is 14.3 Å². The fraction of sp³-hybridized carbons (Fsp3) is 0.227. The van der Waals surface area contributed by atoms with Crippen molar-refractivity contribution in [3.63, 3.8) is 0 Å². The molecule has 31 heavy (non-hydrogen) atoms. The van der Waals surface area contributed by atoms with Crippen molar-refractivity contribution in [3.8, 4) is 5.75 Å². The second-order valence-electron chi connectivity index (χ2n) is 7.49. The molecular weight excluding hydrogens is 459 g/mol. The molecule has 3 atom stereocenters. The highest BCUT2D eigenvalue weighted by atomic mass is 35.5. The van der Waals surface area contributed by atoms with Gasteiger partial charge in [0.2, 0.25) is 5.72 Å². The number of carbonyl (C=O) groups is 1. The molecule has 3 heterocycles. The summed E-state index contributed by atoms with van der Waals surface area (Å²) in [6.07, 6.45) is 1.71. The fourth-order valence-electron chi connectivity index (χ4n) is 4.19. The first kappa shape index (κ1) is 20.3. The van der Waals surface area contributed by atoms with Gasteiger partial charge in [-0.05, 0) is 36.8 Å². The lowest BCUT2D eigenvalue weighted by molar-refractivity contribution is -0.158. The summed E-state index contributed by atoms with van der Waals surface area (Å²) in [5.41, 5.74) is -0.0499. The number of halogens is 2. The van der Waals surface area contributed by atoms with Gasteiger partial charge in [0.05, 0.1) is 17.7 Å². The van der Waals surface area contributed by atoms with E-state index < -0.39 is 23.7 Å². The molecule has 0 spiro atoms. The third kappa shape index (κ3) is 3.11. The first-order valence-electron chi connectivity index (χ1n) is 9.46. The number of nitrogens with zero attached hydrogens (tertiary/aromatic N) is 2. The Balaban J connectivity index is 1.80. The van der Waals surface area contributed by atoms with E-state index >= 15 is 0 Å². The number of carbonyl (C=O) groups excluding carboxylic acids is 1. The van der Waals surface area contributed by atoms with Crippen LogP contribution >= 0.6 is 34.5 Å². The molecule has 1 aromatic heterocycles. The van der Waals surface area contributed by atoms with Gasteiger partial charge in [0.15, 0.2) is 4.80 Å². The molecule has 0 fully saturated rings. The van der Waals surface area contributed by atoms with Gasteiger partial charge in [-0.25, -0.2) is 4.99 Å². The van der Waals surface area contributed by atoms with Gasteiger partial charge >= 0.3 is 5.97 Å². The van der Waals surface area contributed by atoms with E-state index in [1.807, 2.05) is 24.3 Å². The van der Waals surface area contributed by atoms with Crippen LogP contribution in [-0.4, -0.2) is 23.4 Å². The molecule has 9 heteroatoms. The number of ether oxygens (including phenoxy) is 2. The van der Waals surface area contributed by atoms with E-state index in [1.54, 1.807) is 35.8 Å². The smallest absolute Gasteiger partial charge is 0.317 e. The molecule has 6 nitrogen and oxygen atoms in total. The van der Waals surface area contributed by atoms with Gasteiger partial charge in [0.1, 0.15) is 11.7 Å². The molecule has 2 aromatic carbocycles. The summed E-state index contributed by atoms with van der Waals surface area (Å²) in [5.74, 6) is -0.700. The van der Waals surface area contributed by atoms with Gasteiger partial charge in [0.25, 0.3) is 5.56 Å². The maximum Gasteiger partial charge on any atom is 0.317 e. The molecule has 3 aromatic rings. The predicted molar refractivity (Wildman–Crippen MR) is 119 cm³/mol. The molecule has 3 unspecified atom stereocenters. The summed E-state index contributed by atoms with van der Waals surface area (Å²) in [6.45, 7) is 1.74. The molecule has 158 valence electrons. The molecule has 0 aliphatic carbocycles. The van der Waals surface area contributed by atoms with Gasteiger partial charge in [-0.15, -0.1) is 0 Å². The highest BCUT2D eigenvalue weighted by Gasteiger charge is 2.55. The number of rotatable bonds is 2. The second kappa shape index (κ2) is 7.22. The van der Waals surface area contributed by atoms with E-state index in [1.165, 1.54) is 18.4 Å². The maximum absolute atomic E-state index is 13.5. The normalized spacial score (nSPS) is 23.9. The lowest BCUT2D eigenvalue weighted by atomic mass is 9.81. The van der Waals surface area contributed by atoms with Gasteiger partial charge in [-0.3, -0.25) is 14.2 Å². The Morgan fingerprint density at radius 3 is 2.81 bits per heavy atom. The van der Waals surface area contributed by atoms with Gasteiger partial charge in [-0.1, -0.05) is 58.8 Å². The van der Waals surface area contributed by atoms with Crippen LogP contribution in [0.1, 0.15) is 24.1 Å². The van der Waals surface area contributed by atoms with Crippen LogP contribution in [0, 0.1) is 5.92 Å². The zero-order chi connectivity index (χ0) is 21.9. The average molecular weight is 475 g/mol. The molecule has 2 aliphatic rings. The third-order valence-electron chi connectivity index (χ3n) is 5.58. The fourth-order valence-corrected chi connectivity index (χ4v) is 5.74. The largest absolute Gasteiger partial charge is 0.469 e. The number of methoxy groups -OCH3 is 1. The summed E-state index contributed by atoms with van der Waals surface area (Å²) in [6, 6.07) is 11.8. The average Bonchev–Trinajstić information content (AvgIpc) is 3.02. The molecule has 5 rings (SSSR count). The zero-order valence-corrected chi connectivity index (χ0v) is 18.8. The van der Waals surface area contributed by atoms with E-state index in [0.29, 0.717) is 30.7 Å². The maximum atomic E-state index is 13.5. The highest BCUT2D eigenvalue weighted by molar-refractivity contribution is 7.07. The first-order chi connectivity index (χ1) is 14.8. The summed E-state index contributed by atoms with van der Waals surface area (Å²) < 4.78 is 13.2. The summed E-state index contributed by atoms with van der Waals surface area (Å²) in [7, 11) is 1.32. The summed E-state index contributed by atoms with van der Waals surface area (Å²) >= 11 is 13.5. The Hall–Kier alpha value is -2.61. The van der Waals surface area contributed by atoms with Gasteiger partial charge < -0.3 is 9.47 Å². The third-order valence-corrected chi connectivity index (χ3v) is 7.13. The molecule has 2 bridgehead atoms. The first-order valence-corrected chi connectivity index (χ1v) is 11.0. The lowest BCUT2D eigenvalue weighted by Crippen LogP contribution is -2.58. The van der Waals surface area contributed by atoms with Crippen molar-refractivity contribution >= 4 is 46.6 Å². The Morgan fingerprint density at radius 2 is 2.06 bits per heavy atom. The minimum Gasteiger partial charge on any atom is -0.469 e. The lowest BCUT2D eigenvalue weighted by Gasteiger charge is -2.44. The molecule has 2 aliphatic heterocycles. The number of hydrogen-bond acceptors (Lipinski definition) is 6. The number of esters is 1. The Kier molecular flexibility index (Phi) is 4.73. The molecular formula is C22H16Cl2N2O4S. The van der Waals surface area contributed by atoms with Crippen LogP contribution in [0.2, 0.25) is 10.0 Å². The highest BCUT2D eigenvalue weighted by Crippen LogP contribution is 2.47. The van der Waals surface area contributed by atoms with Crippen LogP contribution < -0.4 is 19.6 Å². The summed E-state index contributed by atoms with van der Waals surface area (Å²) in [4.78, 5) is 31.4. The monoisotopic (exact) mass is 474 g/mol. The minimum atomic E-state index is -1.20. The van der Waals surface area contributed by atoms with E-state index in [2.05, 4.69) is 0 Å². The second-order valence-corrected chi connectivity index (χ2v) is 9.34. The van der Waals surface area contributed by atoms with Crippen LogP contribution in [0.5, 0.6) is 5.75 Å². The topological polar surface area (TPSA) is 69.9 Å². The Labute approximate surface area is 191 Å². The molecule has 0 saturated carbocycles. The van der Waals surface area contributed by atoms with Crippen LogP contribution in [0.25, 0.3) is 6.08 Å². The summed E-state index contributed by atoms with van der Waals surface area (Å²) in [5, 5.41) is 0.947. The Bertz CT molecular complexity index is 1410. The van der Waals surface area contributed by atoms with Gasteiger partial charge in [-0.2, -0.15) is 0 Å². The van der Waals surface area contributed by atoms with Crippen molar-refractivity contribution in [3.05, 3.63) is 83.3 Å². The van der Waals surface area contributed by atoms with Crippen LogP contribution in [0.15, 0.2) is 52.3 Å². The molecule has 0 amide bonds. The van der Waals surface area contributed by atoms with E-state index in [4.69, 9.17) is 37.7 Å².